The maximum atomic E-state index is 13.3. The number of carbonyl (C=O) groups is 3. The van der Waals surface area contributed by atoms with Crippen molar-refractivity contribution in [1.82, 2.24) is 25.1 Å². The van der Waals surface area contributed by atoms with Crippen LogP contribution in [0.4, 0.5) is 4.79 Å². The van der Waals surface area contributed by atoms with E-state index in [9.17, 15) is 14.4 Å². The predicted octanol–water partition coefficient (Wildman–Crippen LogP) is 3.03. The third-order valence-electron chi connectivity index (χ3n) is 6.56. The van der Waals surface area contributed by atoms with E-state index in [2.05, 4.69) is 36.1 Å². The zero-order chi connectivity index (χ0) is 23.3. The molecule has 0 radical (unpaired) electrons. The fourth-order valence-electron chi connectivity index (χ4n) is 5.57. The molecule has 170 valence electrons. The lowest BCUT2D eigenvalue weighted by Gasteiger charge is -2.43. The Morgan fingerprint density at radius 2 is 1.94 bits per heavy atom. The highest BCUT2D eigenvalue weighted by atomic mass is 16.2. The van der Waals surface area contributed by atoms with Gasteiger partial charge in [-0.1, -0.05) is 39.0 Å². The zero-order valence-corrected chi connectivity index (χ0v) is 19.4. The van der Waals surface area contributed by atoms with Crippen LogP contribution in [0.5, 0.6) is 0 Å². The fourth-order valence-corrected chi connectivity index (χ4v) is 5.57. The average Bonchev–Trinajstić information content (AvgIpc) is 2.89. The summed E-state index contributed by atoms with van der Waals surface area (Å²) in [5.74, 6) is 0.216. The number of rotatable bonds is 4. The van der Waals surface area contributed by atoms with Crippen LogP contribution in [0.3, 0.4) is 0 Å². The molecule has 2 atom stereocenters. The Hall–Kier alpha value is -3.03. The van der Waals surface area contributed by atoms with Crippen LogP contribution in [-0.4, -0.2) is 56.7 Å². The van der Waals surface area contributed by atoms with Crippen molar-refractivity contribution in [3.8, 4) is 0 Å². The number of urea groups is 1. The highest BCUT2D eigenvalue weighted by Gasteiger charge is 2.56. The number of nitrogens with zero attached hydrogens (tertiary/aromatic N) is 4. The molecule has 1 N–H and O–H groups in total. The first-order chi connectivity index (χ1) is 15.0. The molecule has 2 heterocycles. The van der Waals surface area contributed by atoms with E-state index in [1.54, 1.807) is 7.05 Å². The number of benzene rings is 1. The maximum Gasteiger partial charge on any atom is 0.325 e. The molecule has 1 aromatic heterocycles. The van der Waals surface area contributed by atoms with E-state index < -0.39 is 11.6 Å². The summed E-state index contributed by atoms with van der Waals surface area (Å²) >= 11 is 0. The Balaban J connectivity index is 1.47. The molecule has 0 bridgehead atoms. The van der Waals surface area contributed by atoms with E-state index in [0.717, 1.165) is 27.9 Å². The van der Waals surface area contributed by atoms with Gasteiger partial charge in [0.2, 0.25) is 5.91 Å². The molecule has 8 heteroatoms. The summed E-state index contributed by atoms with van der Waals surface area (Å²) in [5, 5.41) is 3.89. The van der Waals surface area contributed by atoms with Crippen LogP contribution in [0.2, 0.25) is 0 Å². The minimum absolute atomic E-state index is 0.0529. The van der Waals surface area contributed by atoms with E-state index >= 15 is 0 Å². The van der Waals surface area contributed by atoms with Gasteiger partial charge in [0, 0.05) is 18.1 Å². The van der Waals surface area contributed by atoms with Crippen LogP contribution in [0, 0.1) is 18.3 Å². The Bertz CT molecular complexity index is 1100. The smallest absolute Gasteiger partial charge is 0.325 e. The van der Waals surface area contributed by atoms with Crippen LogP contribution in [0.25, 0.3) is 10.9 Å². The van der Waals surface area contributed by atoms with Crippen molar-refractivity contribution in [1.29, 1.82) is 0 Å². The normalized spacial score (nSPS) is 24.8. The Labute approximate surface area is 188 Å². The van der Waals surface area contributed by atoms with Gasteiger partial charge in [-0.2, -0.15) is 0 Å². The number of fused-ring (bicyclic) bond motifs is 1. The van der Waals surface area contributed by atoms with Crippen molar-refractivity contribution in [2.24, 2.45) is 11.3 Å². The van der Waals surface area contributed by atoms with Gasteiger partial charge in [-0.3, -0.25) is 14.5 Å². The van der Waals surface area contributed by atoms with E-state index in [4.69, 9.17) is 0 Å². The molecule has 32 heavy (non-hydrogen) atoms. The lowest BCUT2D eigenvalue weighted by Crippen LogP contribution is -2.54. The topological polar surface area (TPSA) is 95.5 Å². The number of imide groups is 1. The van der Waals surface area contributed by atoms with Crippen molar-refractivity contribution in [3.05, 3.63) is 35.8 Å². The van der Waals surface area contributed by atoms with Gasteiger partial charge in [0.1, 0.15) is 17.9 Å². The molecule has 1 saturated heterocycles. The highest BCUT2D eigenvalue weighted by Crippen LogP contribution is 2.46. The second kappa shape index (κ2) is 7.83. The molecule has 2 aromatic rings. The van der Waals surface area contributed by atoms with E-state index in [-0.39, 0.29) is 30.3 Å². The van der Waals surface area contributed by atoms with E-state index in [1.165, 1.54) is 4.90 Å². The second-order valence-electron chi connectivity index (χ2n) is 10.3. The third kappa shape index (κ3) is 4.06. The lowest BCUT2D eigenvalue weighted by atomic mass is 9.64. The first-order valence-corrected chi connectivity index (χ1v) is 11.1. The summed E-state index contributed by atoms with van der Waals surface area (Å²) in [6.45, 7) is 8.17. The molecular formula is C24H31N5O3. The molecule has 4 rings (SSSR count). The number of carbonyl (C=O) groups excluding carboxylic acids is 3. The van der Waals surface area contributed by atoms with Crippen LogP contribution in [0.15, 0.2) is 24.3 Å². The van der Waals surface area contributed by atoms with Crippen LogP contribution < -0.4 is 5.32 Å². The predicted molar refractivity (Wildman–Crippen MR) is 121 cm³/mol. The van der Waals surface area contributed by atoms with Gasteiger partial charge >= 0.3 is 6.03 Å². The SMILES string of the molecule is Cc1nc(CN(C)C(=O)CN2C(=O)NC3(CC(C)CC(C)(C)C3)C2=O)nc2ccccc12. The molecule has 8 nitrogen and oxygen atoms in total. The van der Waals surface area contributed by atoms with Crippen molar-refractivity contribution >= 4 is 28.7 Å². The monoisotopic (exact) mass is 437 g/mol. The number of likely N-dealkylation sites (N-methyl/N-ethyl adjacent to an activating group) is 1. The number of aryl methyl sites for hydroxylation is 1. The van der Waals surface area contributed by atoms with Gasteiger partial charge in [0.05, 0.1) is 12.1 Å². The molecule has 4 amide bonds. The first-order valence-electron chi connectivity index (χ1n) is 11.1. The van der Waals surface area contributed by atoms with Gasteiger partial charge in [-0.05, 0) is 43.6 Å². The van der Waals surface area contributed by atoms with Gasteiger partial charge in [-0.25, -0.2) is 14.8 Å². The van der Waals surface area contributed by atoms with Crippen molar-refractivity contribution in [2.45, 2.75) is 59.0 Å². The number of para-hydroxylation sites is 1. The zero-order valence-electron chi connectivity index (χ0n) is 19.4. The van der Waals surface area contributed by atoms with Gasteiger partial charge in [0.25, 0.3) is 5.91 Å². The minimum atomic E-state index is -0.907. The average molecular weight is 438 g/mol. The molecule has 2 fully saturated rings. The summed E-state index contributed by atoms with van der Waals surface area (Å²) in [4.78, 5) is 50.5. The second-order valence-corrected chi connectivity index (χ2v) is 10.3. The molecule has 1 spiro atoms. The van der Waals surface area contributed by atoms with E-state index in [1.807, 2.05) is 31.2 Å². The van der Waals surface area contributed by atoms with Crippen LogP contribution in [-0.2, 0) is 16.1 Å². The molecule has 1 saturated carbocycles. The summed E-state index contributed by atoms with van der Waals surface area (Å²) in [6, 6.07) is 7.24. The number of aromatic nitrogens is 2. The molecule has 1 aliphatic heterocycles. The summed E-state index contributed by atoms with van der Waals surface area (Å²) in [5.41, 5.74) is 0.704. The number of hydrogen-bond donors (Lipinski definition) is 1. The van der Waals surface area contributed by atoms with Crippen LogP contribution >= 0.6 is 0 Å². The van der Waals surface area contributed by atoms with Crippen molar-refractivity contribution in [2.75, 3.05) is 13.6 Å². The number of nitrogens with one attached hydrogen (secondary N) is 1. The maximum absolute atomic E-state index is 13.3. The summed E-state index contributed by atoms with van der Waals surface area (Å²) < 4.78 is 0. The van der Waals surface area contributed by atoms with Gasteiger partial charge < -0.3 is 10.2 Å². The Kier molecular flexibility index (Phi) is 5.43. The number of hydrogen-bond acceptors (Lipinski definition) is 5. The standard InChI is InChI=1S/C24H31N5O3/c1-15-10-23(3,4)14-24(11-15)21(31)29(22(32)27-24)13-20(30)28(5)12-19-25-16(2)17-8-6-7-9-18(17)26-19/h6-9,15H,10-14H2,1-5H3,(H,27,32). The van der Waals surface area contributed by atoms with E-state index in [0.29, 0.717) is 24.6 Å². The minimum Gasteiger partial charge on any atom is -0.337 e. The molecule has 2 aliphatic rings. The van der Waals surface area contributed by atoms with Gasteiger partial charge in [-0.15, -0.1) is 0 Å². The largest absolute Gasteiger partial charge is 0.337 e. The third-order valence-corrected chi connectivity index (χ3v) is 6.56. The molecule has 2 unspecified atom stereocenters. The highest BCUT2D eigenvalue weighted by molar-refractivity contribution is 6.09. The quantitative estimate of drug-likeness (QED) is 0.742. The Morgan fingerprint density at radius 3 is 2.66 bits per heavy atom. The molecule has 1 aromatic carbocycles. The fraction of sp³-hybridized carbons (Fsp3) is 0.542. The number of amides is 4. The summed E-state index contributed by atoms with van der Waals surface area (Å²) in [7, 11) is 1.64. The van der Waals surface area contributed by atoms with Crippen molar-refractivity contribution < 1.29 is 14.4 Å². The Morgan fingerprint density at radius 1 is 1.22 bits per heavy atom. The summed E-state index contributed by atoms with van der Waals surface area (Å²) in [6.07, 6.45) is 2.19. The van der Waals surface area contributed by atoms with Gasteiger partial charge in [0.15, 0.2) is 0 Å². The first kappa shape index (κ1) is 22.2. The van der Waals surface area contributed by atoms with Crippen LogP contribution in [0.1, 0.15) is 51.6 Å². The molecular weight excluding hydrogens is 406 g/mol. The molecule has 1 aliphatic carbocycles. The van der Waals surface area contributed by atoms with Crippen molar-refractivity contribution in [3.63, 3.8) is 0 Å². The lowest BCUT2D eigenvalue weighted by molar-refractivity contribution is -0.140.